The lowest BCUT2D eigenvalue weighted by Gasteiger charge is -2.33. The van der Waals surface area contributed by atoms with Crippen molar-refractivity contribution in [3.63, 3.8) is 0 Å². The highest BCUT2D eigenvalue weighted by Crippen LogP contribution is 2.27. The number of rotatable bonds is 9. The molecule has 4 N–H and O–H groups in total. The molecule has 0 spiro atoms. The Kier molecular flexibility index (Phi) is 8.89. The number of carbonyl (C=O) groups excluding carboxylic acids is 2. The molecule has 1 aliphatic heterocycles. The molecule has 3 heterocycles. The van der Waals surface area contributed by atoms with E-state index in [0.717, 1.165) is 53.7 Å². The van der Waals surface area contributed by atoms with Gasteiger partial charge in [-0.25, -0.2) is 14.4 Å². The molecule has 46 heavy (non-hydrogen) atoms. The summed E-state index contributed by atoms with van der Waals surface area (Å²) < 4.78 is 15.4. The molecule has 0 bridgehead atoms. The summed E-state index contributed by atoms with van der Waals surface area (Å²) in [6.45, 7) is 5.29. The summed E-state index contributed by atoms with van der Waals surface area (Å²) in [6, 6.07) is 21.0. The van der Waals surface area contributed by atoms with Gasteiger partial charge < -0.3 is 20.9 Å². The van der Waals surface area contributed by atoms with E-state index in [2.05, 4.69) is 31.6 Å². The Hall–Kier alpha value is -5.35. The van der Waals surface area contributed by atoms with Crippen LogP contribution in [0.15, 0.2) is 91.4 Å². The number of carbonyl (C=O) groups is 2. The molecule has 6 rings (SSSR count). The number of halogens is 1. The maximum atomic E-state index is 13.6. The summed E-state index contributed by atoms with van der Waals surface area (Å²) in [7, 11) is 0. The van der Waals surface area contributed by atoms with Crippen molar-refractivity contribution in [2.24, 2.45) is 5.73 Å². The first-order valence-corrected chi connectivity index (χ1v) is 15.3. The van der Waals surface area contributed by atoms with E-state index in [1.807, 2.05) is 55.1 Å². The summed E-state index contributed by atoms with van der Waals surface area (Å²) in [4.78, 5) is 36.8. The van der Waals surface area contributed by atoms with Crippen LogP contribution in [0.1, 0.15) is 46.3 Å². The van der Waals surface area contributed by atoms with Crippen LogP contribution in [0.2, 0.25) is 0 Å². The second kappa shape index (κ2) is 13.3. The Balaban J connectivity index is 1.24. The number of amides is 2. The fraction of sp³-hybridized carbons (Fsp3) is 0.222. The van der Waals surface area contributed by atoms with Gasteiger partial charge in [0.2, 0.25) is 11.9 Å². The monoisotopic (exact) mass is 617 g/mol. The number of likely N-dealkylation sites (tertiary alicyclic amines) is 1. The van der Waals surface area contributed by atoms with E-state index in [1.165, 1.54) is 12.1 Å². The molecule has 1 aliphatic rings. The second-order valence-corrected chi connectivity index (χ2v) is 11.7. The van der Waals surface area contributed by atoms with E-state index in [-0.39, 0.29) is 23.7 Å². The Morgan fingerprint density at radius 2 is 1.83 bits per heavy atom. The van der Waals surface area contributed by atoms with E-state index < -0.39 is 0 Å². The number of hydrogen-bond acceptors (Lipinski definition) is 6. The number of benzene rings is 3. The van der Waals surface area contributed by atoms with Gasteiger partial charge >= 0.3 is 0 Å². The van der Waals surface area contributed by atoms with E-state index in [9.17, 15) is 14.0 Å². The summed E-state index contributed by atoms with van der Waals surface area (Å²) in [5.41, 5.74) is 12.8. The molecule has 10 heteroatoms. The maximum absolute atomic E-state index is 13.6. The molecule has 9 nitrogen and oxygen atoms in total. The fourth-order valence-electron chi connectivity index (χ4n) is 5.81. The van der Waals surface area contributed by atoms with Crippen LogP contribution in [-0.2, 0) is 11.3 Å². The lowest BCUT2D eigenvalue weighted by Crippen LogP contribution is -2.47. The fourth-order valence-corrected chi connectivity index (χ4v) is 5.81. The summed E-state index contributed by atoms with van der Waals surface area (Å²) in [5, 5.41) is 6.31. The first kappa shape index (κ1) is 30.7. The minimum Gasteiger partial charge on any atom is -0.368 e. The Bertz CT molecular complexity index is 1890. The van der Waals surface area contributed by atoms with Crippen LogP contribution >= 0.6 is 0 Å². The zero-order chi connectivity index (χ0) is 32.2. The number of aryl methyl sites for hydroxylation is 2. The molecule has 1 atom stereocenters. The zero-order valence-electron chi connectivity index (χ0n) is 25.8. The highest BCUT2D eigenvalue weighted by atomic mass is 19.1. The van der Waals surface area contributed by atoms with Gasteiger partial charge in [-0.1, -0.05) is 12.5 Å². The van der Waals surface area contributed by atoms with Crippen molar-refractivity contribution >= 4 is 29.1 Å². The molecule has 234 valence electrons. The largest absolute Gasteiger partial charge is 0.368 e. The normalized spacial score (nSPS) is 15.0. The van der Waals surface area contributed by atoms with Crippen LogP contribution in [0.4, 0.5) is 21.7 Å². The highest BCUT2D eigenvalue weighted by molar-refractivity contribution is 6.05. The van der Waals surface area contributed by atoms with Crippen molar-refractivity contribution in [1.82, 2.24) is 19.4 Å². The molecule has 2 amide bonds. The first-order chi connectivity index (χ1) is 22.2. The second-order valence-electron chi connectivity index (χ2n) is 11.7. The van der Waals surface area contributed by atoms with E-state index in [1.54, 1.807) is 36.5 Å². The van der Waals surface area contributed by atoms with Gasteiger partial charge in [0.15, 0.2) is 0 Å². The molecule has 0 saturated carbocycles. The van der Waals surface area contributed by atoms with Gasteiger partial charge in [0, 0.05) is 53.3 Å². The quantitative estimate of drug-likeness (QED) is 0.173. The lowest BCUT2D eigenvalue weighted by atomic mass is 10.0. The molecule has 0 unspecified atom stereocenters. The van der Waals surface area contributed by atoms with Crippen LogP contribution in [0, 0.1) is 19.7 Å². The van der Waals surface area contributed by atoms with Gasteiger partial charge in [-0.3, -0.25) is 14.5 Å². The number of anilines is 3. The topological polar surface area (TPSA) is 118 Å². The lowest BCUT2D eigenvalue weighted by molar-refractivity contribution is -0.124. The standard InChI is InChI=1S/C36H36FN7O2/c1-23-13-16-43(21-23)30-18-25(22-44-15-4-3-5-33(44)34(38)45)17-29(20-30)40-35(46)27-7-6-24(2)32(19-27)42-36-39-14-12-31(41-36)26-8-10-28(37)11-9-26/h6-14,16-21,33H,3-5,15,22H2,1-2H3,(H2,38,45)(H,40,46)(H,39,41,42)/t33-/m0/s1. The number of hydrogen-bond donors (Lipinski definition) is 3. The minimum absolute atomic E-state index is 0.274. The van der Waals surface area contributed by atoms with Gasteiger partial charge in [-0.15, -0.1) is 0 Å². The molecular weight excluding hydrogens is 581 g/mol. The third-order valence-corrected chi connectivity index (χ3v) is 8.24. The van der Waals surface area contributed by atoms with Gasteiger partial charge in [-0.2, -0.15) is 0 Å². The molecule has 1 fully saturated rings. The average Bonchev–Trinajstić information content (AvgIpc) is 3.49. The number of nitrogens with one attached hydrogen (secondary N) is 2. The van der Waals surface area contributed by atoms with Crippen molar-refractivity contribution in [3.05, 3.63) is 119 Å². The number of nitrogens with zero attached hydrogens (tertiary/aromatic N) is 4. The van der Waals surface area contributed by atoms with Gasteiger partial charge in [-0.05, 0) is 117 Å². The van der Waals surface area contributed by atoms with Gasteiger partial charge in [0.05, 0.1) is 11.7 Å². The predicted octanol–water partition coefficient (Wildman–Crippen LogP) is 6.53. The van der Waals surface area contributed by atoms with Crippen molar-refractivity contribution < 1.29 is 14.0 Å². The molecule has 0 radical (unpaired) electrons. The van der Waals surface area contributed by atoms with Crippen LogP contribution < -0.4 is 16.4 Å². The summed E-state index contributed by atoms with van der Waals surface area (Å²) in [5.74, 6) is -0.539. The van der Waals surface area contributed by atoms with Gasteiger partial charge in [0.1, 0.15) is 5.82 Å². The Labute approximate surface area is 267 Å². The van der Waals surface area contributed by atoms with Gasteiger partial charge in [0.25, 0.3) is 5.91 Å². The Morgan fingerprint density at radius 1 is 1.00 bits per heavy atom. The molecule has 0 aliphatic carbocycles. The molecule has 3 aromatic carbocycles. The third kappa shape index (κ3) is 7.13. The average molecular weight is 618 g/mol. The van der Waals surface area contributed by atoms with Crippen molar-refractivity contribution in [2.45, 2.75) is 45.7 Å². The molecule has 5 aromatic rings. The number of piperidine rings is 1. The number of aromatic nitrogens is 3. The van der Waals surface area contributed by atoms with E-state index >= 15 is 0 Å². The van der Waals surface area contributed by atoms with Crippen molar-refractivity contribution in [1.29, 1.82) is 0 Å². The van der Waals surface area contributed by atoms with Crippen LogP contribution in [0.25, 0.3) is 16.9 Å². The van der Waals surface area contributed by atoms with Crippen LogP contribution in [0.5, 0.6) is 0 Å². The minimum atomic E-state index is -0.316. The number of primary amides is 1. The Morgan fingerprint density at radius 3 is 2.59 bits per heavy atom. The van der Waals surface area contributed by atoms with Crippen LogP contribution in [0.3, 0.4) is 0 Å². The van der Waals surface area contributed by atoms with Crippen molar-refractivity contribution in [2.75, 3.05) is 17.2 Å². The predicted molar refractivity (Wildman–Crippen MR) is 178 cm³/mol. The van der Waals surface area contributed by atoms with E-state index in [4.69, 9.17) is 5.73 Å². The SMILES string of the molecule is Cc1ccn(-c2cc(CN3CCCC[C@H]3C(N)=O)cc(NC(=O)c3ccc(C)c(Nc4nccc(-c5ccc(F)cc5)n4)c3)c2)c1. The molecular formula is C36H36FN7O2. The zero-order valence-corrected chi connectivity index (χ0v) is 25.8. The summed E-state index contributed by atoms with van der Waals surface area (Å²) >= 11 is 0. The van der Waals surface area contributed by atoms with Crippen molar-refractivity contribution in [3.8, 4) is 16.9 Å². The maximum Gasteiger partial charge on any atom is 0.255 e. The molecule has 2 aromatic heterocycles. The third-order valence-electron chi connectivity index (χ3n) is 8.24. The van der Waals surface area contributed by atoms with E-state index in [0.29, 0.717) is 35.1 Å². The van der Waals surface area contributed by atoms with Crippen LogP contribution in [-0.4, -0.2) is 43.8 Å². The smallest absolute Gasteiger partial charge is 0.255 e. The summed E-state index contributed by atoms with van der Waals surface area (Å²) in [6.07, 6.45) is 8.39. The number of nitrogens with two attached hydrogens (primary N) is 1. The first-order valence-electron chi connectivity index (χ1n) is 15.3. The highest BCUT2D eigenvalue weighted by Gasteiger charge is 2.27. The molecule has 1 saturated heterocycles.